The summed E-state index contributed by atoms with van der Waals surface area (Å²) in [5, 5.41) is 0. The summed E-state index contributed by atoms with van der Waals surface area (Å²) >= 11 is 0. The maximum atomic E-state index is 12.3. The Balaban J connectivity index is 3.23. The van der Waals surface area contributed by atoms with Crippen molar-refractivity contribution in [3.63, 3.8) is 0 Å². The Morgan fingerprint density at radius 2 is 1.85 bits per heavy atom. The van der Waals surface area contributed by atoms with Gasteiger partial charge in [-0.25, -0.2) is 4.79 Å². The maximum absolute atomic E-state index is 12.3. The highest BCUT2D eigenvalue weighted by molar-refractivity contribution is 5.87. The third kappa shape index (κ3) is 6.81. The van der Waals surface area contributed by atoms with Crippen molar-refractivity contribution in [1.29, 1.82) is 0 Å². The zero-order valence-corrected chi connectivity index (χ0v) is 17.3. The van der Waals surface area contributed by atoms with Gasteiger partial charge in [0.2, 0.25) is 0 Å². The maximum Gasteiger partial charge on any atom is 0.333 e. The quantitative estimate of drug-likeness (QED) is 0.389. The first-order chi connectivity index (χ1) is 12.1. The lowest BCUT2D eigenvalue weighted by atomic mass is 9.80. The smallest absolute Gasteiger partial charge is 0.333 e. The van der Waals surface area contributed by atoms with E-state index in [0.717, 1.165) is 24.8 Å². The zero-order chi connectivity index (χ0) is 19.9. The Morgan fingerprint density at radius 1 is 1.19 bits per heavy atom. The van der Waals surface area contributed by atoms with Crippen LogP contribution in [-0.2, 0) is 19.1 Å². The molecule has 26 heavy (non-hydrogen) atoms. The van der Waals surface area contributed by atoms with Gasteiger partial charge in [0, 0.05) is 24.3 Å². The van der Waals surface area contributed by atoms with Crippen LogP contribution in [0.1, 0.15) is 74.1 Å². The molecule has 0 aromatic heterocycles. The lowest BCUT2D eigenvalue weighted by molar-refractivity contribution is -0.149. The van der Waals surface area contributed by atoms with E-state index in [0.29, 0.717) is 12.0 Å². The highest BCUT2D eigenvalue weighted by Crippen LogP contribution is 2.33. The second kappa shape index (κ2) is 9.75. The van der Waals surface area contributed by atoms with Gasteiger partial charge in [0.15, 0.2) is 0 Å². The SMILES string of the molecule is C/C=C(/C)C(=O)O[C@@H]1C/C=C(/C)CCCC(C)(C)[C@@H](OC(C)=O)/C=C\1C. The van der Waals surface area contributed by atoms with Crippen molar-refractivity contribution in [3.8, 4) is 0 Å². The molecule has 1 aliphatic carbocycles. The van der Waals surface area contributed by atoms with Gasteiger partial charge in [0.25, 0.3) is 0 Å². The minimum Gasteiger partial charge on any atom is -0.458 e. The molecule has 0 bridgehead atoms. The highest BCUT2D eigenvalue weighted by atomic mass is 16.5. The van der Waals surface area contributed by atoms with E-state index >= 15 is 0 Å². The number of hydrogen-bond acceptors (Lipinski definition) is 4. The molecule has 0 N–H and O–H groups in total. The molecule has 0 aliphatic heterocycles. The number of carbonyl (C=O) groups excluding carboxylic acids is 2. The van der Waals surface area contributed by atoms with Gasteiger partial charge < -0.3 is 9.47 Å². The van der Waals surface area contributed by atoms with E-state index < -0.39 is 0 Å². The monoisotopic (exact) mass is 362 g/mol. The van der Waals surface area contributed by atoms with Crippen LogP contribution in [0.25, 0.3) is 0 Å². The summed E-state index contributed by atoms with van der Waals surface area (Å²) in [5.74, 6) is -0.607. The minimum atomic E-state index is -0.362. The molecule has 0 aromatic carbocycles. The van der Waals surface area contributed by atoms with Gasteiger partial charge in [0.05, 0.1) is 0 Å². The van der Waals surface area contributed by atoms with Crippen LogP contribution in [0.15, 0.2) is 34.9 Å². The van der Waals surface area contributed by atoms with Gasteiger partial charge in [-0.2, -0.15) is 0 Å². The van der Waals surface area contributed by atoms with Crippen LogP contribution in [-0.4, -0.2) is 24.1 Å². The van der Waals surface area contributed by atoms with Crippen molar-refractivity contribution in [3.05, 3.63) is 34.9 Å². The number of rotatable bonds is 3. The molecule has 0 amide bonds. The summed E-state index contributed by atoms with van der Waals surface area (Å²) in [6.07, 6.45) is 8.75. The standard InChI is InChI=1S/C22H34O4/c1-8-16(3)21(24)26-19-12-11-15(2)10-9-13-22(6,7)20(14-17(19)4)25-18(5)23/h8,11,14,19-20H,9-10,12-13H2,1-7H3/b15-11-,16-8-,17-14-/t19-,20+/m1/s1. The van der Waals surface area contributed by atoms with E-state index in [9.17, 15) is 9.59 Å². The summed E-state index contributed by atoms with van der Waals surface area (Å²) in [5.41, 5.74) is 2.60. The molecule has 0 heterocycles. The van der Waals surface area contributed by atoms with Gasteiger partial charge >= 0.3 is 11.9 Å². The van der Waals surface area contributed by atoms with Crippen molar-refractivity contribution in [1.82, 2.24) is 0 Å². The number of hydrogen-bond donors (Lipinski definition) is 0. The summed E-state index contributed by atoms with van der Waals surface area (Å²) in [7, 11) is 0. The number of esters is 2. The number of carbonyl (C=O) groups is 2. The molecular formula is C22H34O4. The minimum absolute atomic E-state index is 0.189. The van der Waals surface area contributed by atoms with Crippen molar-refractivity contribution in [2.75, 3.05) is 0 Å². The molecule has 4 nitrogen and oxygen atoms in total. The molecule has 0 fully saturated rings. The molecule has 0 saturated heterocycles. The fourth-order valence-electron chi connectivity index (χ4n) is 2.99. The molecule has 0 saturated carbocycles. The molecule has 0 aromatic rings. The number of ether oxygens (including phenoxy) is 2. The van der Waals surface area contributed by atoms with Crippen LogP contribution in [0, 0.1) is 5.41 Å². The van der Waals surface area contributed by atoms with Crippen LogP contribution in [0.4, 0.5) is 0 Å². The summed E-state index contributed by atoms with van der Waals surface area (Å²) in [6, 6.07) is 0. The predicted octanol–water partition coefficient (Wildman–Crippen LogP) is 5.29. The first-order valence-electron chi connectivity index (χ1n) is 9.42. The molecule has 0 unspecified atom stereocenters. The molecular weight excluding hydrogens is 328 g/mol. The van der Waals surface area contributed by atoms with Crippen LogP contribution in [0.5, 0.6) is 0 Å². The van der Waals surface area contributed by atoms with Gasteiger partial charge in [-0.15, -0.1) is 0 Å². The van der Waals surface area contributed by atoms with Gasteiger partial charge in [-0.1, -0.05) is 31.6 Å². The molecule has 146 valence electrons. The summed E-state index contributed by atoms with van der Waals surface area (Å²) in [6.45, 7) is 13.3. The molecule has 0 spiro atoms. The molecule has 2 atom stereocenters. The molecule has 1 aliphatic rings. The first-order valence-corrected chi connectivity index (χ1v) is 9.42. The second-order valence-corrected chi connectivity index (χ2v) is 7.93. The fourth-order valence-corrected chi connectivity index (χ4v) is 2.99. The van der Waals surface area contributed by atoms with E-state index in [1.807, 2.05) is 19.9 Å². The highest BCUT2D eigenvalue weighted by Gasteiger charge is 2.31. The lowest BCUT2D eigenvalue weighted by Gasteiger charge is -2.32. The lowest BCUT2D eigenvalue weighted by Crippen LogP contribution is -2.33. The van der Waals surface area contributed by atoms with E-state index in [1.54, 1.807) is 13.0 Å². The van der Waals surface area contributed by atoms with Crippen molar-refractivity contribution >= 4 is 11.9 Å². The topological polar surface area (TPSA) is 52.6 Å². The average molecular weight is 363 g/mol. The molecule has 4 heteroatoms. The van der Waals surface area contributed by atoms with E-state index in [4.69, 9.17) is 9.47 Å². The Bertz CT molecular complexity index is 608. The third-order valence-corrected chi connectivity index (χ3v) is 5.06. The fraction of sp³-hybridized carbons (Fsp3) is 0.636. The van der Waals surface area contributed by atoms with E-state index in [1.165, 1.54) is 12.5 Å². The summed E-state index contributed by atoms with van der Waals surface area (Å²) < 4.78 is 11.4. The third-order valence-electron chi connectivity index (χ3n) is 5.06. The predicted molar refractivity (Wildman–Crippen MR) is 105 cm³/mol. The van der Waals surface area contributed by atoms with Crippen LogP contribution < -0.4 is 0 Å². The molecule has 1 rings (SSSR count). The van der Waals surface area contributed by atoms with Crippen molar-refractivity contribution in [2.24, 2.45) is 5.41 Å². The first kappa shape index (κ1) is 22.2. The Morgan fingerprint density at radius 3 is 2.42 bits per heavy atom. The summed E-state index contributed by atoms with van der Waals surface area (Å²) in [4.78, 5) is 23.9. The van der Waals surface area contributed by atoms with Crippen molar-refractivity contribution < 1.29 is 19.1 Å². The van der Waals surface area contributed by atoms with Crippen LogP contribution >= 0.6 is 0 Å². The Kier molecular flexibility index (Phi) is 8.32. The van der Waals surface area contributed by atoms with Gasteiger partial charge in [-0.05, 0) is 58.6 Å². The Hall–Kier alpha value is -1.84. The zero-order valence-electron chi connectivity index (χ0n) is 17.3. The van der Waals surface area contributed by atoms with Gasteiger partial charge in [-0.3, -0.25) is 4.79 Å². The van der Waals surface area contributed by atoms with E-state index in [-0.39, 0.29) is 29.6 Å². The average Bonchev–Trinajstić information content (AvgIpc) is 2.56. The van der Waals surface area contributed by atoms with Crippen molar-refractivity contribution in [2.45, 2.75) is 86.4 Å². The molecule has 0 radical (unpaired) electrons. The normalized spacial score (nSPS) is 28.7. The van der Waals surface area contributed by atoms with E-state index in [2.05, 4.69) is 26.8 Å². The Labute approximate surface area is 158 Å². The second-order valence-electron chi connectivity index (χ2n) is 7.93. The van der Waals surface area contributed by atoms with Crippen LogP contribution in [0.2, 0.25) is 0 Å². The van der Waals surface area contributed by atoms with Crippen LogP contribution in [0.3, 0.4) is 0 Å². The number of allylic oxidation sites excluding steroid dienone is 2. The largest absolute Gasteiger partial charge is 0.458 e. The van der Waals surface area contributed by atoms with Gasteiger partial charge in [0.1, 0.15) is 12.2 Å².